The summed E-state index contributed by atoms with van der Waals surface area (Å²) >= 11 is 12.7. The van der Waals surface area contributed by atoms with E-state index in [1.807, 2.05) is 0 Å². The van der Waals surface area contributed by atoms with Crippen molar-refractivity contribution in [2.45, 2.75) is 75.6 Å². The largest absolute Gasteiger partial charge is 0.471 e. The second kappa shape index (κ2) is 14.7. The number of aliphatic hydroxyl groups is 1. The molecule has 2 atom stereocenters. The Morgan fingerprint density at radius 3 is 2.35 bits per heavy atom. The van der Waals surface area contributed by atoms with Gasteiger partial charge in [0.2, 0.25) is 17.7 Å². The van der Waals surface area contributed by atoms with Gasteiger partial charge in [-0.1, -0.05) is 29.3 Å². The van der Waals surface area contributed by atoms with Crippen molar-refractivity contribution in [2.75, 3.05) is 11.9 Å². The molecule has 0 spiro atoms. The third-order valence-electron chi connectivity index (χ3n) is 7.88. The quantitative estimate of drug-likeness (QED) is 0.135. The normalized spacial score (nSPS) is 19.0. The van der Waals surface area contributed by atoms with Gasteiger partial charge >= 0.3 is 12.4 Å². The molecule has 1 aromatic carbocycles. The summed E-state index contributed by atoms with van der Waals surface area (Å²) in [5.74, 6) is -4.23. The first-order valence-electron chi connectivity index (χ1n) is 14.4. The Balaban J connectivity index is 1.54. The minimum Gasteiger partial charge on any atom is -0.471 e. The van der Waals surface area contributed by atoms with Crippen LogP contribution in [0.25, 0.3) is 11.2 Å². The molecule has 2 aromatic heterocycles. The molecule has 11 nitrogen and oxygen atoms in total. The number of nitrogens with zero attached hydrogens (tertiary/aromatic N) is 2. The molecule has 7 N–H and O–H groups in total. The predicted molar refractivity (Wildman–Crippen MR) is 161 cm³/mol. The molecule has 0 aliphatic heterocycles. The Kier molecular flexibility index (Phi) is 11.4. The maximum atomic E-state index is 13.1. The van der Waals surface area contributed by atoms with Crippen molar-refractivity contribution < 1.29 is 54.6 Å². The predicted octanol–water partition coefficient (Wildman–Crippen LogP) is 5.76. The molecular formula is C28H29Cl2F8N7O4. The summed E-state index contributed by atoms with van der Waals surface area (Å²) in [7, 11) is 0. The van der Waals surface area contributed by atoms with E-state index in [2.05, 4.69) is 30.9 Å². The summed E-state index contributed by atoms with van der Waals surface area (Å²) < 4.78 is 109. The molecule has 21 heteroatoms. The molecular weight excluding hydrogens is 721 g/mol. The van der Waals surface area contributed by atoms with E-state index in [0.29, 0.717) is 6.92 Å². The lowest BCUT2D eigenvalue weighted by molar-refractivity contribution is -0.258. The summed E-state index contributed by atoms with van der Waals surface area (Å²) in [5.41, 5.74) is 1.66. The number of carbonyl (C=O) groups excluding carboxylic acids is 2. The highest BCUT2D eigenvalue weighted by molar-refractivity contribution is 6.39. The van der Waals surface area contributed by atoms with Crippen molar-refractivity contribution in [1.82, 2.24) is 25.6 Å². The minimum atomic E-state index is -5.19. The molecule has 0 radical (unpaired) electrons. The number of hydrogen-bond donors (Lipinski definition) is 6. The number of halogens is 10. The highest BCUT2D eigenvalue weighted by Crippen LogP contribution is 2.38. The van der Waals surface area contributed by atoms with Crippen LogP contribution in [-0.4, -0.2) is 74.9 Å². The molecule has 49 heavy (non-hydrogen) atoms. The summed E-state index contributed by atoms with van der Waals surface area (Å²) in [5, 5.41) is 17.1. The number of pyridine rings is 1. The Morgan fingerprint density at radius 1 is 1.10 bits per heavy atom. The number of benzene rings is 1. The second-order valence-electron chi connectivity index (χ2n) is 11.4. The molecule has 0 bridgehead atoms. The Bertz CT molecular complexity index is 1680. The standard InChI is InChI=1S/C28H29Cl2F8N7O4/c1-26(48,28(36,37)38)20(39)23(47)40-9-11-2-7-15(29)19(18(11)30)43-25-42-16-8-14(24(44-21(16)45-25)49-10-17(31)32)22(46)41-13-5-3-12(4-6-13)27(33,34)35/h2,7-8,12-13,17,20,48H,3-6,9-10,39H2,1H3,(H,40,47)(H,41,46)(H2,42,43,44,45). The van der Waals surface area contributed by atoms with Crippen molar-refractivity contribution >= 4 is 57.8 Å². The summed E-state index contributed by atoms with van der Waals surface area (Å²) in [4.78, 5) is 36.5. The minimum absolute atomic E-state index is 0.00215. The number of alkyl halides is 8. The fraction of sp³-hybridized carbons (Fsp3) is 0.500. The number of H-pyrrole nitrogens is 1. The second-order valence-corrected chi connectivity index (χ2v) is 12.2. The van der Waals surface area contributed by atoms with Crippen LogP contribution in [-0.2, 0) is 11.3 Å². The smallest absolute Gasteiger partial charge is 0.418 e. The van der Waals surface area contributed by atoms with Gasteiger partial charge in [0.1, 0.15) is 11.6 Å². The maximum absolute atomic E-state index is 13.1. The van der Waals surface area contributed by atoms with Crippen molar-refractivity contribution in [3.05, 3.63) is 39.4 Å². The van der Waals surface area contributed by atoms with Crippen LogP contribution in [0.3, 0.4) is 0 Å². The van der Waals surface area contributed by atoms with Gasteiger partial charge in [0, 0.05) is 12.6 Å². The first-order valence-corrected chi connectivity index (χ1v) is 15.2. The number of hydrogen-bond acceptors (Lipinski definition) is 8. The number of nitrogens with two attached hydrogens (primary N) is 1. The number of rotatable bonds is 11. The number of nitrogens with one attached hydrogen (secondary N) is 4. The zero-order valence-electron chi connectivity index (χ0n) is 25.2. The number of aromatic amines is 1. The van der Waals surface area contributed by atoms with E-state index >= 15 is 0 Å². The Hall–Kier alpha value is -3.68. The molecule has 2 unspecified atom stereocenters. The molecule has 0 saturated heterocycles. The Morgan fingerprint density at radius 2 is 1.76 bits per heavy atom. The maximum Gasteiger partial charge on any atom is 0.418 e. The molecule has 1 saturated carbocycles. The van der Waals surface area contributed by atoms with E-state index in [1.165, 1.54) is 18.2 Å². The third kappa shape index (κ3) is 8.92. The van der Waals surface area contributed by atoms with Crippen molar-refractivity contribution in [3.8, 4) is 5.88 Å². The monoisotopic (exact) mass is 749 g/mol. The fourth-order valence-electron chi connectivity index (χ4n) is 4.92. The van der Waals surface area contributed by atoms with Gasteiger partial charge in [-0.15, -0.1) is 0 Å². The van der Waals surface area contributed by atoms with Crippen LogP contribution in [0.4, 0.5) is 46.8 Å². The van der Waals surface area contributed by atoms with Crippen LogP contribution in [0.2, 0.25) is 10.0 Å². The lowest BCUT2D eigenvalue weighted by Gasteiger charge is -2.31. The SMILES string of the molecule is CC(O)(C(N)C(=O)NCc1ccc(Cl)c(Nc2nc3nc(OCC(F)F)c(C(=O)NC4CCC(C(F)(F)F)CC4)cc3[nH]2)c1Cl)C(F)(F)F. The number of ether oxygens (including phenoxy) is 1. The molecule has 3 aromatic rings. The van der Waals surface area contributed by atoms with Crippen molar-refractivity contribution in [3.63, 3.8) is 0 Å². The highest BCUT2D eigenvalue weighted by Gasteiger charge is 2.56. The fourth-order valence-corrected chi connectivity index (χ4v) is 5.45. The summed E-state index contributed by atoms with van der Waals surface area (Å²) in [6.07, 6.45) is -12.8. The van der Waals surface area contributed by atoms with E-state index in [1.54, 1.807) is 0 Å². The van der Waals surface area contributed by atoms with Gasteiger partial charge in [-0.3, -0.25) is 9.59 Å². The topological polar surface area (TPSA) is 167 Å². The van der Waals surface area contributed by atoms with E-state index in [4.69, 9.17) is 33.7 Å². The number of fused-ring (bicyclic) bond motifs is 1. The molecule has 4 rings (SSSR count). The van der Waals surface area contributed by atoms with Gasteiger partial charge in [0.15, 0.2) is 17.9 Å². The van der Waals surface area contributed by atoms with Crippen LogP contribution in [0.5, 0.6) is 5.88 Å². The van der Waals surface area contributed by atoms with E-state index in [0.717, 1.165) is 0 Å². The van der Waals surface area contributed by atoms with Crippen molar-refractivity contribution in [1.29, 1.82) is 0 Å². The zero-order valence-corrected chi connectivity index (χ0v) is 26.7. The van der Waals surface area contributed by atoms with Crippen molar-refractivity contribution in [2.24, 2.45) is 11.7 Å². The van der Waals surface area contributed by atoms with Crippen LogP contribution >= 0.6 is 23.2 Å². The van der Waals surface area contributed by atoms with Crippen LogP contribution in [0.1, 0.15) is 48.5 Å². The van der Waals surface area contributed by atoms with E-state index in [-0.39, 0.29) is 69.7 Å². The van der Waals surface area contributed by atoms with Gasteiger partial charge in [-0.05, 0) is 50.3 Å². The lowest BCUT2D eigenvalue weighted by atomic mass is 9.85. The highest BCUT2D eigenvalue weighted by atomic mass is 35.5. The number of amides is 2. The molecule has 1 fully saturated rings. The summed E-state index contributed by atoms with van der Waals surface area (Å²) in [6, 6.07) is 0.914. The van der Waals surface area contributed by atoms with Gasteiger partial charge in [0.25, 0.3) is 12.3 Å². The zero-order chi connectivity index (χ0) is 36.5. The molecule has 2 heterocycles. The van der Waals surface area contributed by atoms with Crippen LogP contribution < -0.4 is 26.4 Å². The van der Waals surface area contributed by atoms with E-state index < -0.39 is 73.2 Å². The molecule has 2 amide bonds. The number of anilines is 2. The lowest BCUT2D eigenvalue weighted by Crippen LogP contribution is -2.62. The summed E-state index contributed by atoms with van der Waals surface area (Å²) in [6.45, 7) is -1.21. The van der Waals surface area contributed by atoms with Crippen LogP contribution in [0, 0.1) is 5.92 Å². The first kappa shape index (κ1) is 38.1. The average molecular weight is 750 g/mol. The third-order valence-corrected chi connectivity index (χ3v) is 8.63. The molecule has 270 valence electrons. The van der Waals surface area contributed by atoms with Gasteiger partial charge in [0.05, 0.1) is 27.2 Å². The number of aromatic nitrogens is 3. The van der Waals surface area contributed by atoms with E-state index in [9.17, 15) is 49.8 Å². The number of imidazole rings is 1. The van der Waals surface area contributed by atoms with Gasteiger partial charge in [-0.25, -0.2) is 8.78 Å². The Labute approximate surface area is 282 Å². The first-order chi connectivity index (χ1) is 22.7. The van der Waals surface area contributed by atoms with Gasteiger partial charge in [-0.2, -0.15) is 36.3 Å². The van der Waals surface area contributed by atoms with Crippen LogP contribution in [0.15, 0.2) is 18.2 Å². The van der Waals surface area contributed by atoms with Gasteiger partial charge < -0.3 is 36.5 Å². The molecule has 1 aliphatic rings. The average Bonchev–Trinajstić information content (AvgIpc) is 3.41. The molecule has 1 aliphatic carbocycles. The number of carbonyl (C=O) groups is 2.